The van der Waals surface area contributed by atoms with Crippen molar-refractivity contribution in [1.82, 2.24) is 9.71 Å². The Hall–Kier alpha value is -1.48. The lowest BCUT2D eigenvalue weighted by Gasteiger charge is -2.14. The van der Waals surface area contributed by atoms with E-state index < -0.39 is 10.0 Å². The highest BCUT2D eigenvalue weighted by Gasteiger charge is 2.24. The van der Waals surface area contributed by atoms with Crippen molar-refractivity contribution in [3.05, 3.63) is 28.6 Å². The summed E-state index contributed by atoms with van der Waals surface area (Å²) in [7, 11) is -2.23. The van der Waals surface area contributed by atoms with Crippen LogP contribution in [0.4, 0.5) is 0 Å². The molecule has 1 aromatic carbocycles. The van der Waals surface area contributed by atoms with Gasteiger partial charge in [-0.15, -0.1) is 11.3 Å². The average Bonchev–Trinajstić information content (AvgIpc) is 3.24. The molecule has 1 aliphatic heterocycles. The lowest BCUT2D eigenvalue weighted by molar-refractivity contribution is 0.114. The number of thiazole rings is 1. The van der Waals surface area contributed by atoms with Gasteiger partial charge in [-0.3, -0.25) is 0 Å². The van der Waals surface area contributed by atoms with E-state index in [0.29, 0.717) is 12.4 Å². The van der Waals surface area contributed by atoms with Crippen LogP contribution in [0.2, 0.25) is 0 Å². The van der Waals surface area contributed by atoms with E-state index in [0.717, 1.165) is 29.1 Å². The number of hydrogen-bond donors (Lipinski definition) is 1. The molecule has 1 atom stereocenters. The van der Waals surface area contributed by atoms with Crippen LogP contribution in [-0.4, -0.2) is 39.8 Å². The zero-order valence-electron chi connectivity index (χ0n) is 13.6. The maximum Gasteiger partial charge on any atom is 0.244 e. The van der Waals surface area contributed by atoms with Gasteiger partial charge in [-0.25, -0.2) is 18.1 Å². The molecule has 0 unspecified atom stereocenters. The second-order valence-corrected chi connectivity index (χ2v) is 8.40. The number of benzene rings is 1. The Kier molecular flexibility index (Phi) is 5.19. The highest BCUT2D eigenvalue weighted by molar-refractivity contribution is 7.89. The molecule has 24 heavy (non-hydrogen) atoms. The summed E-state index contributed by atoms with van der Waals surface area (Å²) in [4.78, 5) is 4.53. The van der Waals surface area contributed by atoms with Crippen LogP contribution in [0.5, 0.6) is 5.75 Å². The Balaban J connectivity index is 1.89. The van der Waals surface area contributed by atoms with Crippen LogP contribution in [0.25, 0.3) is 11.3 Å². The van der Waals surface area contributed by atoms with Gasteiger partial charge in [0.1, 0.15) is 10.6 Å². The van der Waals surface area contributed by atoms with E-state index in [2.05, 4.69) is 9.71 Å². The second-order valence-electron chi connectivity index (χ2n) is 5.60. The van der Waals surface area contributed by atoms with Gasteiger partial charge in [0.15, 0.2) is 0 Å². The summed E-state index contributed by atoms with van der Waals surface area (Å²) in [5, 5.41) is 2.84. The molecule has 1 aliphatic rings. The van der Waals surface area contributed by atoms with E-state index in [1.54, 1.807) is 12.1 Å². The average molecular weight is 368 g/mol. The molecule has 130 valence electrons. The number of nitrogens with one attached hydrogen (secondary N) is 1. The fraction of sp³-hybridized carbons (Fsp3) is 0.438. The summed E-state index contributed by atoms with van der Waals surface area (Å²) in [6.07, 6.45) is 1.78. The van der Waals surface area contributed by atoms with Crippen LogP contribution in [-0.2, 0) is 14.8 Å². The molecule has 0 spiro atoms. The number of aryl methyl sites for hydroxylation is 1. The Morgan fingerprint density at radius 3 is 2.92 bits per heavy atom. The van der Waals surface area contributed by atoms with Gasteiger partial charge in [0.25, 0.3) is 0 Å². The Morgan fingerprint density at radius 2 is 2.29 bits per heavy atom. The fourth-order valence-electron chi connectivity index (χ4n) is 2.63. The summed E-state index contributed by atoms with van der Waals surface area (Å²) in [5.74, 6) is 0.311. The third-order valence-electron chi connectivity index (χ3n) is 3.89. The lowest BCUT2D eigenvalue weighted by atomic mass is 10.2. The predicted octanol–water partition coefficient (Wildman–Crippen LogP) is 2.58. The summed E-state index contributed by atoms with van der Waals surface area (Å²) in [5.41, 5.74) is 1.51. The molecule has 1 aromatic heterocycles. The topological polar surface area (TPSA) is 77.5 Å². The molecule has 0 radical (unpaired) electrons. The minimum Gasteiger partial charge on any atom is -0.495 e. The lowest BCUT2D eigenvalue weighted by Crippen LogP contribution is -2.32. The minimum atomic E-state index is -3.69. The largest absolute Gasteiger partial charge is 0.495 e. The third kappa shape index (κ3) is 3.77. The fourth-order valence-corrected chi connectivity index (χ4v) is 4.51. The van der Waals surface area contributed by atoms with Gasteiger partial charge >= 0.3 is 0 Å². The molecule has 0 saturated carbocycles. The van der Waals surface area contributed by atoms with E-state index in [4.69, 9.17) is 9.47 Å². The number of rotatable bonds is 6. The van der Waals surface area contributed by atoms with Crippen LogP contribution < -0.4 is 9.46 Å². The van der Waals surface area contributed by atoms with E-state index in [9.17, 15) is 8.42 Å². The monoisotopic (exact) mass is 368 g/mol. The molecule has 0 amide bonds. The van der Waals surface area contributed by atoms with E-state index in [1.807, 2.05) is 18.4 Å². The Morgan fingerprint density at radius 1 is 1.46 bits per heavy atom. The molecule has 2 heterocycles. The SMILES string of the molecule is COc1ccc(-c2csc(C)n2)cc1S(=O)(=O)NC[C@@H]1CCCO1. The molecule has 0 aliphatic carbocycles. The van der Waals surface area contributed by atoms with Crippen LogP contribution in [0.1, 0.15) is 17.8 Å². The van der Waals surface area contributed by atoms with Gasteiger partial charge in [0.2, 0.25) is 10.0 Å². The first kappa shape index (κ1) is 17.3. The molecule has 1 fully saturated rings. The van der Waals surface area contributed by atoms with Gasteiger partial charge in [0, 0.05) is 24.1 Å². The normalized spacial score (nSPS) is 18.0. The second kappa shape index (κ2) is 7.18. The number of methoxy groups -OCH3 is 1. The molecule has 0 bridgehead atoms. The highest BCUT2D eigenvalue weighted by atomic mass is 32.2. The van der Waals surface area contributed by atoms with Gasteiger partial charge in [-0.1, -0.05) is 0 Å². The highest BCUT2D eigenvalue weighted by Crippen LogP contribution is 2.30. The van der Waals surface area contributed by atoms with Gasteiger partial charge in [-0.2, -0.15) is 0 Å². The number of sulfonamides is 1. The van der Waals surface area contributed by atoms with Crippen molar-refractivity contribution in [3.8, 4) is 17.0 Å². The summed E-state index contributed by atoms with van der Waals surface area (Å²) in [6, 6.07) is 5.07. The molecule has 1 saturated heterocycles. The molecule has 6 nitrogen and oxygen atoms in total. The summed E-state index contributed by atoms with van der Waals surface area (Å²) < 4.78 is 38.7. The predicted molar refractivity (Wildman–Crippen MR) is 93.0 cm³/mol. The Bertz CT molecular complexity index is 811. The van der Waals surface area contributed by atoms with Crippen molar-refractivity contribution in [2.45, 2.75) is 30.8 Å². The van der Waals surface area contributed by atoms with E-state index in [-0.39, 0.29) is 17.5 Å². The Labute approximate surface area is 145 Å². The van der Waals surface area contributed by atoms with Crippen LogP contribution in [0.3, 0.4) is 0 Å². The van der Waals surface area contributed by atoms with Crippen molar-refractivity contribution in [3.63, 3.8) is 0 Å². The smallest absolute Gasteiger partial charge is 0.244 e. The molecule has 1 N–H and O–H groups in total. The molecular formula is C16H20N2O4S2. The minimum absolute atomic E-state index is 0.0601. The first-order valence-electron chi connectivity index (χ1n) is 7.71. The molecule has 3 rings (SSSR count). The van der Waals surface area contributed by atoms with Gasteiger partial charge in [0.05, 0.1) is 23.9 Å². The zero-order chi connectivity index (χ0) is 17.2. The van der Waals surface area contributed by atoms with Crippen LogP contribution in [0.15, 0.2) is 28.5 Å². The van der Waals surface area contributed by atoms with E-state index >= 15 is 0 Å². The zero-order valence-corrected chi connectivity index (χ0v) is 15.2. The third-order valence-corrected chi connectivity index (χ3v) is 6.11. The first-order chi connectivity index (χ1) is 11.5. The van der Waals surface area contributed by atoms with Gasteiger partial charge < -0.3 is 9.47 Å². The molecule has 2 aromatic rings. The molecular weight excluding hydrogens is 348 g/mol. The maximum absolute atomic E-state index is 12.7. The van der Waals surface area contributed by atoms with Crippen molar-refractivity contribution < 1.29 is 17.9 Å². The van der Waals surface area contributed by atoms with Crippen molar-refractivity contribution in [2.75, 3.05) is 20.3 Å². The van der Waals surface area contributed by atoms with Gasteiger partial charge in [-0.05, 0) is 38.0 Å². The van der Waals surface area contributed by atoms with Crippen molar-refractivity contribution in [1.29, 1.82) is 0 Å². The standard InChI is InChI=1S/C16H20N2O4S2/c1-11-18-14(10-23-11)12-5-6-15(21-2)16(8-12)24(19,20)17-9-13-4-3-7-22-13/h5-6,8,10,13,17H,3-4,7,9H2,1-2H3/t13-/m0/s1. The van der Waals surface area contributed by atoms with Crippen LogP contribution >= 0.6 is 11.3 Å². The number of hydrogen-bond acceptors (Lipinski definition) is 6. The number of ether oxygens (including phenoxy) is 2. The number of aromatic nitrogens is 1. The summed E-state index contributed by atoms with van der Waals surface area (Å²) in [6.45, 7) is 2.87. The quantitative estimate of drug-likeness (QED) is 0.848. The number of nitrogens with zero attached hydrogens (tertiary/aromatic N) is 1. The van der Waals surface area contributed by atoms with Crippen LogP contribution in [0, 0.1) is 6.92 Å². The molecule has 8 heteroatoms. The van der Waals surface area contributed by atoms with Crippen molar-refractivity contribution >= 4 is 21.4 Å². The maximum atomic E-state index is 12.7. The van der Waals surface area contributed by atoms with Crippen molar-refractivity contribution in [2.24, 2.45) is 0 Å². The first-order valence-corrected chi connectivity index (χ1v) is 10.1. The van der Waals surface area contributed by atoms with E-state index in [1.165, 1.54) is 18.4 Å². The summed E-state index contributed by atoms with van der Waals surface area (Å²) >= 11 is 1.53.